The first-order valence-corrected chi connectivity index (χ1v) is 7.24. The van der Waals surface area contributed by atoms with Crippen LogP contribution in [0.15, 0.2) is 17.1 Å². The van der Waals surface area contributed by atoms with Gasteiger partial charge in [0.25, 0.3) is 5.56 Å². The van der Waals surface area contributed by atoms with Crippen molar-refractivity contribution in [2.75, 3.05) is 44.8 Å². The maximum absolute atomic E-state index is 12.0. The quantitative estimate of drug-likeness (QED) is 0.641. The normalized spacial score (nSPS) is 10.8. The highest BCUT2D eigenvalue weighted by atomic mass is 16.5. The van der Waals surface area contributed by atoms with Crippen molar-refractivity contribution in [3.05, 3.63) is 22.6 Å². The van der Waals surface area contributed by atoms with Crippen LogP contribution >= 0.6 is 0 Å². The highest BCUT2D eigenvalue weighted by molar-refractivity contribution is 5.42. The molecular formula is C14H26N4O2. The van der Waals surface area contributed by atoms with Gasteiger partial charge in [-0.05, 0) is 26.8 Å². The summed E-state index contributed by atoms with van der Waals surface area (Å²) in [6.45, 7) is 8.86. The van der Waals surface area contributed by atoms with E-state index in [-0.39, 0.29) is 5.56 Å². The molecule has 6 nitrogen and oxygen atoms in total. The van der Waals surface area contributed by atoms with E-state index in [1.54, 1.807) is 19.4 Å². The Hall–Kier alpha value is -1.40. The molecule has 0 unspecified atom stereocenters. The topological polar surface area (TPSA) is 59.4 Å². The molecule has 0 atom stereocenters. The van der Waals surface area contributed by atoms with Crippen LogP contribution in [0.5, 0.6) is 0 Å². The first-order valence-electron chi connectivity index (χ1n) is 7.24. The molecule has 1 rings (SSSR count). The van der Waals surface area contributed by atoms with E-state index in [9.17, 15) is 4.79 Å². The van der Waals surface area contributed by atoms with Crippen LogP contribution < -0.4 is 15.8 Å². The van der Waals surface area contributed by atoms with Crippen molar-refractivity contribution in [2.24, 2.45) is 0 Å². The number of nitrogens with one attached hydrogen (secondary N) is 1. The molecule has 0 aliphatic heterocycles. The van der Waals surface area contributed by atoms with Crippen molar-refractivity contribution >= 4 is 5.69 Å². The summed E-state index contributed by atoms with van der Waals surface area (Å²) in [7, 11) is 1.70. The van der Waals surface area contributed by atoms with E-state index in [1.807, 2.05) is 0 Å². The molecule has 0 fully saturated rings. The van der Waals surface area contributed by atoms with Crippen LogP contribution in [0, 0.1) is 0 Å². The van der Waals surface area contributed by atoms with Gasteiger partial charge in [0.05, 0.1) is 18.4 Å². The zero-order chi connectivity index (χ0) is 14.8. The fourth-order valence-electron chi connectivity index (χ4n) is 2.01. The lowest BCUT2D eigenvalue weighted by Crippen LogP contribution is -2.31. The van der Waals surface area contributed by atoms with Crippen LogP contribution in [0.3, 0.4) is 0 Å². The first-order chi connectivity index (χ1) is 9.72. The first kappa shape index (κ1) is 16.7. The molecular weight excluding hydrogens is 256 g/mol. The highest BCUT2D eigenvalue weighted by Gasteiger charge is 2.05. The summed E-state index contributed by atoms with van der Waals surface area (Å²) in [6.07, 6.45) is 2.74. The lowest BCUT2D eigenvalue weighted by atomic mass is 10.4. The van der Waals surface area contributed by atoms with Crippen molar-refractivity contribution in [3.63, 3.8) is 0 Å². The summed E-state index contributed by atoms with van der Waals surface area (Å²) in [4.78, 5) is 14.1. The zero-order valence-electron chi connectivity index (χ0n) is 12.8. The third kappa shape index (κ3) is 5.30. The Kier molecular flexibility index (Phi) is 7.91. The molecule has 0 amide bonds. The monoisotopic (exact) mass is 282 g/mol. The van der Waals surface area contributed by atoms with Gasteiger partial charge in [-0.25, -0.2) is 4.68 Å². The summed E-state index contributed by atoms with van der Waals surface area (Å²) >= 11 is 0. The molecule has 6 heteroatoms. The molecule has 0 spiro atoms. The number of methoxy groups -OCH3 is 1. The molecule has 1 aromatic rings. The van der Waals surface area contributed by atoms with Crippen LogP contribution in [0.25, 0.3) is 0 Å². The number of ether oxygens (including phenoxy) is 1. The highest BCUT2D eigenvalue weighted by Crippen LogP contribution is 2.07. The third-order valence-corrected chi connectivity index (χ3v) is 3.19. The Morgan fingerprint density at radius 3 is 2.70 bits per heavy atom. The lowest BCUT2D eigenvalue weighted by molar-refractivity contribution is 0.194. The number of hydrogen-bond acceptors (Lipinski definition) is 5. The van der Waals surface area contributed by atoms with Crippen LogP contribution in [0.2, 0.25) is 0 Å². The molecule has 0 radical (unpaired) electrons. The van der Waals surface area contributed by atoms with Crippen LogP contribution in [-0.2, 0) is 11.3 Å². The largest absolute Gasteiger partial charge is 0.385 e. The van der Waals surface area contributed by atoms with Gasteiger partial charge >= 0.3 is 0 Å². The Bertz CT molecular complexity index is 429. The fourth-order valence-corrected chi connectivity index (χ4v) is 2.01. The Balaban J connectivity index is 2.46. The standard InChI is InChI=1S/C14H26N4O2/c1-4-17(5-2)13-11-14(19)18(16-12-13)9-8-15-7-6-10-20-3/h11-12,15H,4-10H2,1-3H3. The SMILES string of the molecule is CCN(CC)c1cnn(CCNCCCOC)c(=O)c1. The number of aromatic nitrogens is 2. The minimum Gasteiger partial charge on any atom is -0.385 e. The predicted octanol–water partition coefficient (Wildman–Crippen LogP) is 0.716. The molecule has 1 N–H and O–H groups in total. The number of rotatable bonds is 10. The minimum absolute atomic E-state index is 0.0481. The molecule has 0 saturated carbocycles. The van der Waals surface area contributed by atoms with Crippen LogP contribution in [-0.4, -0.2) is 49.7 Å². The van der Waals surface area contributed by atoms with E-state index in [0.29, 0.717) is 6.54 Å². The second-order valence-corrected chi connectivity index (χ2v) is 4.54. The molecule has 0 aliphatic carbocycles. The zero-order valence-corrected chi connectivity index (χ0v) is 12.8. The van der Waals surface area contributed by atoms with Gasteiger partial charge in [-0.15, -0.1) is 0 Å². The van der Waals surface area contributed by atoms with Gasteiger partial charge in [0.1, 0.15) is 0 Å². The van der Waals surface area contributed by atoms with E-state index >= 15 is 0 Å². The molecule has 1 heterocycles. The Morgan fingerprint density at radius 2 is 2.10 bits per heavy atom. The van der Waals surface area contributed by atoms with Gasteiger partial charge in [0.15, 0.2) is 0 Å². The van der Waals surface area contributed by atoms with Crippen molar-refractivity contribution in [2.45, 2.75) is 26.8 Å². The number of anilines is 1. The molecule has 1 aromatic heterocycles. The van der Waals surface area contributed by atoms with Gasteiger partial charge in [-0.2, -0.15) is 5.10 Å². The molecule has 0 bridgehead atoms. The summed E-state index contributed by atoms with van der Waals surface area (Å²) in [5.74, 6) is 0. The second-order valence-electron chi connectivity index (χ2n) is 4.54. The number of nitrogens with zero attached hydrogens (tertiary/aromatic N) is 3. The fraction of sp³-hybridized carbons (Fsp3) is 0.714. The van der Waals surface area contributed by atoms with Gasteiger partial charge in [0, 0.05) is 39.4 Å². The second kappa shape index (κ2) is 9.50. The maximum Gasteiger partial charge on any atom is 0.268 e. The maximum atomic E-state index is 12.0. The van der Waals surface area contributed by atoms with E-state index in [2.05, 4.69) is 29.2 Å². The summed E-state index contributed by atoms with van der Waals surface area (Å²) < 4.78 is 6.47. The summed E-state index contributed by atoms with van der Waals surface area (Å²) in [6, 6.07) is 1.66. The van der Waals surface area contributed by atoms with E-state index < -0.39 is 0 Å². The predicted molar refractivity (Wildman–Crippen MR) is 81.4 cm³/mol. The smallest absolute Gasteiger partial charge is 0.268 e. The van der Waals surface area contributed by atoms with E-state index in [1.165, 1.54) is 4.68 Å². The van der Waals surface area contributed by atoms with Crippen molar-refractivity contribution in [1.82, 2.24) is 15.1 Å². The molecule has 0 aliphatic rings. The molecule has 0 saturated heterocycles. The average molecular weight is 282 g/mol. The Labute approximate surface area is 120 Å². The summed E-state index contributed by atoms with van der Waals surface area (Å²) in [5, 5.41) is 7.49. The van der Waals surface area contributed by atoms with Crippen molar-refractivity contribution in [3.8, 4) is 0 Å². The van der Waals surface area contributed by atoms with E-state index in [0.717, 1.165) is 44.9 Å². The van der Waals surface area contributed by atoms with Crippen LogP contribution in [0.4, 0.5) is 5.69 Å². The molecule has 114 valence electrons. The lowest BCUT2D eigenvalue weighted by Gasteiger charge is -2.20. The molecule has 0 aromatic carbocycles. The van der Waals surface area contributed by atoms with Gasteiger partial charge in [-0.1, -0.05) is 0 Å². The number of hydrogen-bond donors (Lipinski definition) is 1. The van der Waals surface area contributed by atoms with Crippen LogP contribution in [0.1, 0.15) is 20.3 Å². The van der Waals surface area contributed by atoms with Gasteiger partial charge in [-0.3, -0.25) is 4.79 Å². The van der Waals surface area contributed by atoms with E-state index in [4.69, 9.17) is 4.74 Å². The molecule has 20 heavy (non-hydrogen) atoms. The van der Waals surface area contributed by atoms with Crippen molar-refractivity contribution < 1.29 is 4.74 Å². The average Bonchev–Trinajstić information content (AvgIpc) is 2.46. The van der Waals surface area contributed by atoms with Crippen molar-refractivity contribution in [1.29, 1.82) is 0 Å². The minimum atomic E-state index is -0.0481. The van der Waals surface area contributed by atoms with Gasteiger partial charge < -0.3 is 15.0 Å². The third-order valence-electron chi connectivity index (χ3n) is 3.19. The Morgan fingerprint density at radius 1 is 1.35 bits per heavy atom. The summed E-state index contributed by atoms with van der Waals surface area (Å²) in [5.41, 5.74) is 0.845. The van der Waals surface area contributed by atoms with Gasteiger partial charge in [0.2, 0.25) is 0 Å².